The first-order valence-electron chi connectivity index (χ1n) is 7.23. The van der Waals surface area contributed by atoms with Gasteiger partial charge in [-0.25, -0.2) is 0 Å². The highest BCUT2D eigenvalue weighted by Crippen LogP contribution is 2.40. The van der Waals surface area contributed by atoms with Crippen LogP contribution in [0.15, 0.2) is 18.2 Å². The Balaban J connectivity index is 1.80. The summed E-state index contributed by atoms with van der Waals surface area (Å²) in [6.45, 7) is 2.94. The number of nitrogens with two attached hydrogens (primary N) is 1. The molecule has 1 aliphatic heterocycles. The van der Waals surface area contributed by atoms with Crippen molar-refractivity contribution in [1.82, 2.24) is 0 Å². The largest absolute Gasteiger partial charge is 0.394 e. The fourth-order valence-electron chi connectivity index (χ4n) is 3.42. The number of aliphatic hydroxyl groups excluding tert-OH is 1. The number of ether oxygens (including phenoxy) is 1. The van der Waals surface area contributed by atoms with E-state index < -0.39 is 0 Å². The molecule has 0 aromatic heterocycles. The van der Waals surface area contributed by atoms with Gasteiger partial charge in [-0.05, 0) is 55.2 Å². The molecular weight excluding hydrogens is 238 g/mol. The molecule has 1 heterocycles. The van der Waals surface area contributed by atoms with Crippen LogP contribution < -0.4 is 5.73 Å². The summed E-state index contributed by atoms with van der Waals surface area (Å²) < 4.78 is 5.72. The maximum atomic E-state index is 9.37. The van der Waals surface area contributed by atoms with Crippen molar-refractivity contribution in [1.29, 1.82) is 0 Å². The summed E-state index contributed by atoms with van der Waals surface area (Å²) in [6.07, 6.45) is 4.22. The van der Waals surface area contributed by atoms with Crippen molar-refractivity contribution in [3.63, 3.8) is 0 Å². The van der Waals surface area contributed by atoms with Crippen LogP contribution in [-0.2, 0) is 17.8 Å². The SMILES string of the molecule is CC1Cc2ccc([C@H]3CC[C@](N)(CO)C3)cc2CO1. The van der Waals surface area contributed by atoms with Crippen LogP contribution >= 0.6 is 0 Å². The van der Waals surface area contributed by atoms with Crippen molar-refractivity contribution < 1.29 is 9.84 Å². The second-order valence-electron chi connectivity index (χ2n) is 6.31. The van der Waals surface area contributed by atoms with Crippen molar-refractivity contribution in [2.75, 3.05) is 6.61 Å². The van der Waals surface area contributed by atoms with E-state index in [9.17, 15) is 5.11 Å². The predicted molar refractivity (Wildman–Crippen MR) is 75.0 cm³/mol. The van der Waals surface area contributed by atoms with E-state index in [0.717, 1.165) is 32.3 Å². The molecule has 3 atom stereocenters. The van der Waals surface area contributed by atoms with Gasteiger partial charge >= 0.3 is 0 Å². The normalized spacial score (nSPS) is 34.3. The van der Waals surface area contributed by atoms with E-state index in [-0.39, 0.29) is 12.1 Å². The Hall–Kier alpha value is -0.900. The fraction of sp³-hybridized carbons (Fsp3) is 0.625. The Bertz CT molecular complexity index is 474. The Labute approximate surface area is 114 Å². The lowest BCUT2D eigenvalue weighted by molar-refractivity contribution is 0.0410. The molecule has 3 N–H and O–H groups in total. The summed E-state index contributed by atoms with van der Waals surface area (Å²) in [5.41, 5.74) is 9.90. The number of rotatable bonds is 2. The van der Waals surface area contributed by atoms with E-state index in [2.05, 4.69) is 25.1 Å². The van der Waals surface area contributed by atoms with E-state index in [1.165, 1.54) is 16.7 Å². The molecule has 1 saturated carbocycles. The van der Waals surface area contributed by atoms with Gasteiger partial charge in [0.05, 0.1) is 19.3 Å². The summed E-state index contributed by atoms with van der Waals surface area (Å²) in [5.74, 6) is 0.488. The molecule has 0 spiro atoms. The van der Waals surface area contributed by atoms with Gasteiger partial charge in [0.15, 0.2) is 0 Å². The summed E-state index contributed by atoms with van der Waals surface area (Å²) in [5, 5.41) is 9.37. The van der Waals surface area contributed by atoms with Gasteiger partial charge in [0.1, 0.15) is 0 Å². The van der Waals surface area contributed by atoms with E-state index in [1.54, 1.807) is 0 Å². The molecule has 1 aromatic carbocycles. The van der Waals surface area contributed by atoms with Crippen molar-refractivity contribution in [3.8, 4) is 0 Å². The van der Waals surface area contributed by atoms with Gasteiger partial charge < -0.3 is 15.6 Å². The minimum absolute atomic E-state index is 0.0923. The van der Waals surface area contributed by atoms with Crippen molar-refractivity contribution in [3.05, 3.63) is 34.9 Å². The van der Waals surface area contributed by atoms with Crippen LogP contribution in [0.1, 0.15) is 48.8 Å². The molecule has 2 aliphatic rings. The molecule has 1 aromatic rings. The second-order valence-corrected chi connectivity index (χ2v) is 6.31. The molecule has 104 valence electrons. The summed E-state index contributed by atoms with van der Waals surface area (Å²) in [4.78, 5) is 0. The Morgan fingerprint density at radius 3 is 3.00 bits per heavy atom. The quantitative estimate of drug-likeness (QED) is 0.857. The van der Waals surface area contributed by atoms with E-state index in [1.807, 2.05) is 0 Å². The van der Waals surface area contributed by atoms with Gasteiger partial charge in [-0.15, -0.1) is 0 Å². The Morgan fingerprint density at radius 2 is 2.26 bits per heavy atom. The third-order valence-corrected chi connectivity index (χ3v) is 4.69. The number of benzene rings is 1. The minimum Gasteiger partial charge on any atom is -0.394 e. The Kier molecular flexibility index (Phi) is 3.37. The van der Waals surface area contributed by atoms with Crippen LogP contribution in [0.2, 0.25) is 0 Å². The summed E-state index contributed by atoms with van der Waals surface area (Å²) in [7, 11) is 0. The van der Waals surface area contributed by atoms with Crippen molar-refractivity contribution in [2.24, 2.45) is 5.73 Å². The van der Waals surface area contributed by atoms with Crippen LogP contribution in [0.25, 0.3) is 0 Å². The van der Waals surface area contributed by atoms with Gasteiger partial charge in [-0.1, -0.05) is 18.2 Å². The second kappa shape index (κ2) is 4.89. The number of hydrogen-bond acceptors (Lipinski definition) is 3. The van der Waals surface area contributed by atoms with Crippen LogP contribution in [-0.4, -0.2) is 23.4 Å². The zero-order chi connectivity index (χ0) is 13.5. The van der Waals surface area contributed by atoms with E-state index in [4.69, 9.17) is 10.5 Å². The highest BCUT2D eigenvalue weighted by atomic mass is 16.5. The number of aliphatic hydroxyl groups is 1. The third kappa shape index (κ3) is 2.55. The molecule has 0 bridgehead atoms. The predicted octanol–water partition coefficient (Wildman–Crippen LogP) is 2.11. The lowest BCUT2D eigenvalue weighted by Gasteiger charge is -2.24. The van der Waals surface area contributed by atoms with Gasteiger partial charge in [-0.2, -0.15) is 0 Å². The first kappa shape index (κ1) is 13.1. The average Bonchev–Trinajstić information content (AvgIpc) is 2.82. The van der Waals surface area contributed by atoms with Gasteiger partial charge in [-0.3, -0.25) is 0 Å². The molecule has 1 aliphatic carbocycles. The van der Waals surface area contributed by atoms with Crippen molar-refractivity contribution >= 4 is 0 Å². The van der Waals surface area contributed by atoms with Crippen LogP contribution in [0, 0.1) is 0 Å². The molecule has 1 fully saturated rings. The zero-order valence-corrected chi connectivity index (χ0v) is 11.6. The number of hydrogen-bond donors (Lipinski definition) is 2. The molecule has 3 rings (SSSR count). The van der Waals surface area contributed by atoms with Crippen LogP contribution in [0.4, 0.5) is 0 Å². The third-order valence-electron chi connectivity index (χ3n) is 4.69. The summed E-state index contributed by atoms with van der Waals surface area (Å²) >= 11 is 0. The minimum atomic E-state index is -0.369. The molecule has 3 nitrogen and oxygen atoms in total. The Morgan fingerprint density at radius 1 is 1.42 bits per heavy atom. The van der Waals surface area contributed by atoms with E-state index >= 15 is 0 Å². The molecule has 1 unspecified atom stereocenters. The lowest BCUT2D eigenvalue weighted by atomic mass is 9.90. The van der Waals surface area contributed by atoms with Crippen molar-refractivity contribution in [2.45, 2.75) is 56.8 Å². The molecule has 0 amide bonds. The smallest absolute Gasteiger partial charge is 0.0723 e. The number of fused-ring (bicyclic) bond motifs is 1. The highest BCUT2D eigenvalue weighted by Gasteiger charge is 2.36. The standard InChI is InChI=1S/C16H23NO2/c1-11-6-12-2-3-13(7-15(12)9-19-11)14-4-5-16(17,8-14)10-18/h2-3,7,11,14,18H,4-6,8-10,17H2,1H3/t11?,14-,16+/m0/s1. The summed E-state index contributed by atoms with van der Waals surface area (Å²) in [6, 6.07) is 6.78. The maximum Gasteiger partial charge on any atom is 0.0723 e. The molecule has 3 heteroatoms. The maximum absolute atomic E-state index is 9.37. The fourth-order valence-corrected chi connectivity index (χ4v) is 3.42. The zero-order valence-electron chi connectivity index (χ0n) is 11.6. The van der Waals surface area contributed by atoms with Gasteiger partial charge in [0, 0.05) is 5.54 Å². The van der Waals surface area contributed by atoms with Crippen LogP contribution in [0.5, 0.6) is 0 Å². The van der Waals surface area contributed by atoms with Gasteiger partial charge in [0.2, 0.25) is 0 Å². The topological polar surface area (TPSA) is 55.5 Å². The van der Waals surface area contributed by atoms with Crippen LogP contribution in [0.3, 0.4) is 0 Å². The molecular formula is C16H23NO2. The first-order valence-corrected chi connectivity index (χ1v) is 7.23. The molecule has 0 radical (unpaired) electrons. The lowest BCUT2D eigenvalue weighted by Crippen LogP contribution is -2.40. The first-order chi connectivity index (χ1) is 9.09. The van der Waals surface area contributed by atoms with Gasteiger partial charge in [0.25, 0.3) is 0 Å². The average molecular weight is 261 g/mol. The monoisotopic (exact) mass is 261 g/mol. The van der Waals surface area contributed by atoms with E-state index in [0.29, 0.717) is 12.0 Å². The molecule has 0 saturated heterocycles. The molecule has 19 heavy (non-hydrogen) atoms. The highest BCUT2D eigenvalue weighted by molar-refractivity contribution is 5.35.